The lowest BCUT2D eigenvalue weighted by atomic mass is 9.91. The van der Waals surface area contributed by atoms with Crippen LogP contribution in [0.4, 0.5) is 0 Å². The zero-order valence-electron chi connectivity index (χ0n) is 24.7. The molecule has 1 aliphatic rings. The largest absolute Gasteiger partial charge is 0.464 e. The number of hydrogen-bond acceptors (Lipinski definition) is 6. The van der Waals surface area contributed by atoms with Crippen LogP contribution >= 0.6 is 24.8 Å². The summed E-state index contributed by atoms with van der Waals surface area (Å²) >= 11 is 0. The van der Waals surface area contributed by atoms with E-state index in [4.69, 9.17) is 9.47 Å². The summed E-state index contributed by atoms with van der Waals surface area (Å²) < 4.78 is 11.6. The van der Waals surface area contributed by atoms with Gasteiger partial charge < -0.3 is 9.47 Å². The molecule has 8 heteroatoms. The van der Waals surface area contributed by atoms with Crippen LogP contribution in [0.3, 0.4) is 0 Å². The molecule has 1 saturated heterocycles. The predicted octanol–water partition coefficient (Wildman–Crippen LogP) is 6.20. The van der Waals surface area contributed by atoms with Crippen molar-refractivity contribution in [2.24, 2.45) is 0 Å². The highest BCUT2D eigenvalue weighted by atomic mass is 35.5. The van der Waals surface area contributed by atoms with E-state index in [2.05, 4.69) is 9.80 Å². The van der Waals surface area contributed by atoms with Crippen LogP contribution in [0.1, 0.15) is 34.1 Å². The Morgan fingerprint density at radius 3 is 0.977 bits per heavy atom. The second-order valence-corrected chi connectivity index (χ2v) is 10.5. The number of carbonyl (C=O) groups excluding carboxylic acids is 2. The molecule has 232 valence electrons. The fourth-order valence-corrected chi connectivity index (χ4v) is 5.47. The van der Waals surface area contributed by atoms with Crippen LogP contribution in [0, 0.1) is 0 Å². The van der Waals surface area contributed by atoms with Gasteiger partial charge in [0.15, 0.2) is 0 Å². The summed E-state index contributed by atoms with van der Waals surface area (Å²) in [4.78, 5) is 30.9. The molecular weight excluding hydrogens is 595 g/mol. The Balaban J connectivity index is 0.00000264. The average molecular weight is 636 g/mol. The van der Waals surface area contributed by atoms with Crippen molar-refractivity contribution in [1.82, 2.24) is 9.80 Å². The Labute approximate surface area is 272 Å². The summed E-state index contributed by atoms with van der Waals surface area (Å²) in [5.74, 6) is -1.32. The number of benzene rings is 4. The number of piperazine rings is 1. The van der Waals surface area contributed by atoms with Gasteiger partial charge >= 0.3 is 11.9 Å². The Bertz CT molecular complexity index is 1200. The fraction of sp³-hybridized carbons (Fsp3) is 0.278. The lowest BCUT2D eigenvalue weighted by molar-refractivity contribution is -0.146. The normalized spacial score (nSPS) is 13.5. The molecule has 1 heterocycles. The standard InChI is InChI=1S/C36H38N2O4.2ClH/c39-35(33(29-13-5-1-6-14-29)30-15-7-2-8-16-30)41-27-25-37-21-23-38(24-22-37)26-28-42-36(40)34(31-17-9-3-10-18-31)32-19-11-4-12-20-32;;/h1-20,33-34H,21-28H2;2*1H. The van der Waals surface area contributed by atoms with E-state index in [1.165, 1.54) is 0 Å². The molecule has 1 fully saturated rings. The SMILES string of the molecule is Cl.Cl.O=C(OCCN1CCN(CCOC(=O)C(c2ccccc2)c2ccccc2)CC1)C(c1ccccc1)c1ccccc1. The Morgan fingerprint density at radius 2 is 0.727 bits per heavy atom. The predicted molar refractivity (Wildman–Crippen MR) is 179 cm³/mol. The Kier molecular flexibility index (Phi) is 14.4. The van der Waals surface area contributed by atoms with E-state index in [0.29, 0.717) is 26.3 Å². The van der Waals surface area contributed by atoms with Crippen molar-refractivity contribution >= 4 is 36.8 Å². The van der Waals surface area contributed by atoms with Crippen molar-refractivity contribution in [1.29, 1.82) is 0 Å². The second-order valence-electron chi connectivity index (χ2n) is 10.5. The van der Waals surface area contributed by atoms with Crippen molar-refractivity contribution in [2.45, 2.75) is 11.8 Å². The number of carbonyl (C=O) groups is 2. The van der Waals surface area contributed by atoms with E-state index in [1.54, 1.807) is 0 Å². The van der Waals surface area contributed by atoms with Crippen molar-refractivity contribution < 1.29 is 19.1 Å². The highest BCUT2D eigenvalue weighted by Crippen LogP contribution is 2.27. The van der Waals surface area contributed by atoms with Crippen LogP contribution in [0.2, 0.25) is 0 Å². The van der Waals surface area contributed by atoms with Crippen LogP contribution < -0.4 is 0 Å². The highest BCUT2D eigenvalue weighted by Gasteiger charge is 2.26. The molecule has 0 spiro atoms. The van der Waals surface area contributed by atoms with Gasteiger partial charge in [0.05, 0.1) is 0 Å². The molecule has 44 heavy (non-hydrogen) atoms. The van der Waals surface area contributed by atoms with Gasteiger partial charge in [-0.15, -0.1) is 24.8 Å². The van der Waals surface area contributed by atoms with Gasteiger partial charge in [-0.2, -0.15) is 0 Å². The highest BCUT2D eigenvalue weighted by molar-refractivity contribution is 5.86. The summed E-state index contributed by atoms with van der Waals surface area (Å²) in [6.45, 7) is 5.61. The first-order valence-corrected chi connectivity index (χ1v) is 14.7. The first-order valence-electron chi connectivity index (χ1n) is 14.7. The molecule has 0 saturated carbocycles. The van der Waals surface area contributed by atoms with Gasteiger partial charge in [-0.1, -0.05) is 121 Å². The molecule has 0 radical (unpaired) electrons. The number of hydrogen-bond donors (Lipinski definition) is 0. The molecule has 6 nitrogen and oxygen atoms in total. The number of nitrogens with zero attached hydrogens (tertiary/aromatic N) is 2. The Morgan fingerprint density at radius 1 is 0.477 bits per heavy atom. The third-order valence-electron chi connectivity index (χ3n) is 7.77. The third kappa shape index (κ3) is 9.66. The molecule has 5 rings (SSSR count). The maximum absolute atomic E-state index is 13.1. The van der Waals surface area contributed by atoms with Gasteiger partial charge in [-0.25, -0.2) is 0 Å². The molecule has 4 aromatic rings. The molecule has 0 unspecified atom stereocenters. The third-order valence-corrected chi connectivity index (χ3v) is 7.77. The smallest absolute Gasteiger partial charge is 0.317 e. The van der Waals surface area contributed by atoms with Gasteiger partial charge in [0.1, 0.15) is 25.0 Å². The number of rotatable bonds is 12. The van der Waals surface area contributed by atoms with E-state index in [1.807, 2.05) is 121 Å². The second kappa shape index (κ2) is 18.2. The van der Waals surface area contributed by atoms with Crippen molar-refractivity contribution in [3.05, 3.63) is 144 Å². The minimum absolute atomic E-state index is 0. The molecule has 1 aliphatic heterocycles. The maximum Gasteiger partial charge on any atom is 0.317 e. The minimum Gasteiger partial charge on any atom is -0.464 e. The van der Waals surface area contributed by atoms with Gasteiger partial charge in [0.25, 0.3) is 0 Å². The first kappa shape index (κ1) is 34.8. The first-order chi connectivity index (χ1) is 20.7. The maximum atomic E-state index is 13.1. The number of esters is 2. The van der Waals surface area contributed by atoms with E-state index in [-0.39, 0.29) is 36.8 Å². The van der Waals surface area contributed by atoms with Crippen molar-refractivity contribution in [3.8, 4) is 0 Å². The summed E-state index contributed by atoms with van der Waals surface area (Å²) in [7, 11) is 0. The summed E-state index contributed by atoms with van der Waals surface area (Å²) in [5.41, 5.74) is 3.73. The molecule has 0 amide bonds. The summed E-state index contributed by atoms with van der Waals surface area (Å²) in [6, 6.07) is 39.2. The lowest BCUT2D eigenvalue weighted by Gasteiger charge is -2.34. The van der Waals surface area contributed by atoms with Crippen LogP contribution in [0.15, 0.2) is 121 Å². The molecule has 0 aliphatic carbocycles. The zero-order chi connectivity index (χ0) is 29.0. The van der Waals surface area contributed by atoms with Gasteiger partial charge in [0, 0.05) is 39.3 Å². The fourth-order valence-electron chi connectivity index (χ4n) is 5.47. The van der Waals surface area contributed by atoms with Gasteiger partial charge in [0.2, 0.25) is 0 Å². The lowest BCUT2D eigenvalue weighted by Crippen LogP contribution is -2.48. The van der Waals surface area contributed by atoms with Crippen molar-refractivity contribution in [2.75, 3.05) is 52.5 Å². The quantitative estimate of drug-likeness (QED) is 0.173. The van der Waals surface area contributed by atoms with Gasteiger partial charge in [-0.3, -0.25) is 19.4 Å². The van der Waals surface area contributed by atoms with E-state index in [9.17, 15) is 9.59 Å². The average Bonchev–Trinajstić information content (AvgIpc) is 3.04. The monoisotopic (exact) mass is 634 g/mol. The molecule has 0 bridgehead atoms. The zero-order valence-corrected chi connectivity index (χ0v) is 26.3. The van der Waals surface area contributed by atoms with Crippen molar-refractivity contribution in [3.63, 3.8) is 0 Å². The number of halogens is 2. The topological polar surface area (TPSA) is 59.1 Å². The summed E-state index contributed by atoms with van der Waals surface area (Å²) in [6.07, 6.45) is 0. The molecule has 0 N–H and O–H groups in total. The van der Waals surface area contributed by atoms with Crippen LogP contribution in [0.5, 0.6) is 0 Å². The van der Waals surface area contributed by atoms with Crippen LogP contribution in [-0.2, 0) is 19.1 Å². The van der Waals surface area contributed by atoms with Crippen LogP contribution in [-0.4, -0.2) is 74.2 Å². The minimum atomic E-state index is -0.435. The molecule has 0 aromatic heterocycles. The van der Waals surface area contributed by atoms with E-state index in [0.717, 1.165) is 48.4 Å². The molecule has 0 atom stereocenters. The Hall–Kier alpha value is -3.68. The molecular formula is C36H40Cl2N2O4. The summed E-state index contributed by atoms with van der Waals surface area (Å²) in [5, 5.41) is 0. The van der Waals surface area contributed by atoms with Crippen LogP contribution in [0.25, 0.3) is 0 Å². The van der Waals surface area contributed by atoms with Gasteiger partial charge in [-0.05, 0) is 22.3 Å². The molecule has 4 aromatic carbocycles. The van der Waals surface area contributed by atoms with E-state index < -0.39 is 11.8 Å². The number of ether oxygens (including phenoxy) is 2. The van der Waals surface area contributed by atoms with E-state index >= 15 is 0 Å².